The van der Waals surface area contributed by atoms with Crippen LogP contribution in [-0.4, -0.2) is 49.5 Å². The first-order valence-electron chi connectivity index (χ1n) is 15.5. The molecule has 1 fully saturated rings. The number of amides is 3. The van der Waals surface area contributed by atoms with Crippen LogP contribution in [0.15, 0.2) is 71.7 Å². The van der Waals surface area contributed by atoms with Crippen LogP contribution >= 0.6 is 0 Å². The minimum atomic E-state index is -1.01. The highest BCUT2D eigenvalue weighted by atomic mass is 16.6. The molecule has 2 heterocycles. The van der Waals surface area contributed by atoms with Crippen molar-refractivity contribution in [1.82, 2.24) is 4.65 Å². The summed E-state index contributed by atoms with van der Waals surface area (Å²) in [6, 6.07) is 18.2. The van der Waals surface area contributed by atoms with Crippen LogP contribution in [0.2, 0.25) is 0 Å². The minimum absolute atomic E-state index is 0.0812. The lowest BCUT2D eigenvalue weighted by Crippen LogP contribution is -2.54. The number of nitrogens with two attached hydrogens (primary N) is 2. The number of carbonyl (C=O) groups excluding carboxylic acids is 3. The molecular formula is C34H40N6O5. The zero-order valence-electron chi connectivity index (χ0n) is 25.5. The van der Waals surface area contributed by atoms with Crippen LogP contribution in [0.4, 0.5) is 21.9 Å². The molecule has 11 nitrogen and oxygen atoms in total. The Morgan fingerprint density at radius 3 is 2.44 bits per heavy atom. The third-order valence-electron chi connectivity index (χ3n) is 8.43. The highest BCUT2D eigenvalue weighted by Crippen LogP contribution is 2.41. The molecule has 0 aromatic heterocycles. The van der Waals surface area contributed by atoms with Gasteiger partial charge in [0, 0.05) is 59.2 Å². The fourth-order valence-electron chi connectivity index (χ4n) is 5.98. The number of carbonyl (C=O) groups is 3. The normalized spacial score (nSPS) is 19.3. The van der Waals surface area contributed by atoms with Gasteiger partial charge in [0.2, 0.25) is 5.91 Å². The number of benzene rings is 3. The SMILES string of the molecule is CCCCCOC(=O)/N=C(/N)c1ccc2c(c1)[N+]([O-])(Cc1ccc(C(N)=O)cc1)C(C(=O)Nc1cccc(N3CCCC3)c1)C2. The van der Waals surface area contributed by atoms with Gasteiger partial charge in [-0.3, -0.25) is 9.59 Å². The first-order valence-corrected chi connectivity index (χ1v) is 15.5. The molecule has 0 aliphatic carbocycles. The second-order valence-corrected chi connectivity index (χ2v) is 11.6. The standard InChI is InChI=1S/C34H40N6O5/c1-2-3-6-18-45-34(43)38-31(35)26-15-14-25-19-30(33(42)37-27-8-7-9-28(21-27)39-16-4-5-17-39)40(44,29(25)20-26)22-23-10-12-24(13-11-23)32(36)41/h7-15,20-21,30H,2-6,16-19,22H2,1H3,(H2,36,41)(H,37,42)(H2,35,38,43). The number of rotatable bonds is 11. The van der Waals surface area contributed by atoms with E-state index in [4.69, 9.17) is 16.2 Å². The van der Waals surface area contributed by atoms with Gasteiger partial charge >= 0.3 is 6.09 Å². The molecule has 2 aliphatic heterocycles. The molecule has 0 spiro atoms. The first-order chi connectivity index (χ1) is 21.7. The van der Waals surface area contributed by atoms with Gasteiger partial charge in [-0.25, -0.2) is 4.79 Å². The van der Waals surface area contributed by atoms with E-state index in [1.807, 2.05) is 24.3 Å². The van der Waals surface area contributed by atoms with E-state index in [1.54, 1.807) is 42.5 Å². The van der Waals surface area contributed by atoms with Crippen molar-refractivity contribution >= 4 is 40.8 Å². The van der Waals surface area contributed by atoms with Crippen molar-refractivity contribution in [1.29, 1.82) is 0 Å². The lowest BCUT2D eigenvalue weighted by Gasteiger charge is -2.43. The monoisotopic (exact) mass is 612 g/mol. The Morgan fingerprint density at radius 2 is 1.73 bits per heavy atom. The van der Waals surface area contributed by atoms with Crippen LogP contribution < -0.4 is 26.3 Å². The molecule has 11 heteroatoms. The number of anilines is 2. The Kier molecular flexibility index (Phi) is 9.80. The number of hydroxylamine groups is 2. The summed E-state index contributed by atoms with van der Waals surface area (Å²) in [5, 5.41) is 17.9. The summed E-state index contributed by atoms with van der Waals surface area (Å²) in [6.45, 7) is 4.15. The summed E-state index contributed by atoms with van der Waals surface area (Å²) in [5.41, 5.74) is 15.6. The average Bonchev–Trinajstić information content (AvgIpc) is 3.66. The number of fused-ring (bicyclic) bond motifs is 1. The predicted octanol–water partition coefficient (Wildman–Crippen LogP) is 4.99. The number of ether oxygens (including phenoxy) is 1. The van der Waals surface area contributed by atoms with Crippen LogP contribution in [0.3, 0.4) is 0 Å². The molecule has 2 aliphatic rings. The largest absolute Gasteiger partial charge is 0.627 e. The van der Waals surface area contributed by atoms with E-state index >= 15 is 0 Å². The Morgan fingerprint density at radius 1 is 1.00 bits per heavy atom. The molecule has 0 radical (unpaired) electrons. The van der Waals surface area contributed by atoms with Gasteiger partial charge in [-0.1, -0.05) is 50.1 Å². The van der Waals surface area contributed by atoms with Gasteiger partial charge in [0.25, 0.3) is 5.91 Å². The van der Waals surface area contributed by atoms with Crippen LogP contribution in [0, 0.1) is 5.21 Å². The van der Waals surface area contributed by atoms with E-state index in [0.717, 1.165) is 50.9 Å². The van der Waals surface area contributed by atoms with E-state index in [9.17, 15) is 19.6 Å². The van der Waals surface area contributed by atoms with Gasteiger partial charge in [-0.15, -0.1) is 0 Å². The Balaban J connectivity index is 1.43. The van der Waals surface area contributed by atoms with Crippen molar-refractivity contribution in [3.63, 3.8) is 0 Å². The Hall–Kier alpha value is -4.74. The maximum atomic E-state index is 15.0. The van der Waals surface area contributed by atoms with E-state index in [1.165, 1.54) is 0 Å². The van der Waals surface area contributed by atoms with Crippen molar-refractivity contribution in [3.05, 3.63) is 94.2 Å². The van der Waals surface area contributed by atoms with Crippen LogP contribution in [0.5, 0.6) is 0 Å². The van der Waals surface area contributed by atoms with Crippen LogP contribution in [0.25, 0.3) is 0 Å². The maximum Gasteiger partial charge on any atom is 0.435 e. The number of aliphatic imine (C=N–C) groups is 1. The number of hydrogen-bond donors (Lipinski definition) is 3. The highest BCUT2D eigenvalue weighted by Gasteiger charge is 2.45. The van der Waals surface area contributed by atoms with Crippen LogP contribution in [0.1, 0.15) is 66.1 Å². The maximum absolute atomic E-state index is 15.0. The fraction of sp³-hybridized carbons (Fsp3) is 0.353. The second-order valence-electron chi connectivity index (χ2n) is 11.6. The van der Waals surface area contributed by atoms with Gasteiger partial charge < -0.3 is 36.3 Å². The van der Waals surface area contributed by atoms with Crippen molar-refractivity contribution in [2.75, 3.05) is 29.9 Å². The second kappa shape index (κ2) is 13.9. The molecule has 236 valence electrons. The molecule has 3 amide bonds. The topological polar surface area (TPSA) is 163 Å². The minimum Gasteiger partial charge on any atom is -0.627 e. The van der Waals surface area contributed by atoms with Crippen LogP contribution in [-0.2, 0) is 22.5 Å². The third kappa shape index (κ3) is 7.33. The first kappa shape index (κ1) is 31.7. The summed E-state index contributed by atoms with van der Waals surface area (Å²) in [4.78, 5) is 43.9. The number of unbranched alkanes of at least 4 members (excludes halogenated alkanes) is 2. The van der Waals surface area contributed by atoms with E-state index < -0.39 is 28.6 Å². The molecule has 3 aromatic rings. The lowest BCUT2D eigenvalue weighted by atomic mass is 10.1. The quantitative estimate of drug-likeness (QED) is 0.0903. The number of primary amides is 1. The summed E-state index contributed by atoms with van der Waals surface area (Å²) in [6.07, 6.45) is 4.33. The smallest absolute Gasteiger partial charge is 0.435 e. The zero-order chi connectivity index (χ0) is 32.0. The molecule has 3 aromatic carbocycles. The fourth-order valence-corrected chi connectivity index (χ4v) is 5.98. The van der Waals surface area contributed by atoms with Crippen molar-refractivity contribution in [2.45, 2.75) is 58.0 Å². The highest BCUT2D eigenvalue weighted by molar-refractivity contribution is 6.04. The molecule has 1 saturated heterocycles. The summed E-state index contributed by atoms with van der Waals surface area (Å²) in [5.74, 6) is -1.06. The molecule has 0 bridgehead atoms. The Labute approximate surface area is 263 Å². The molecular weight excluding hydrogens is 572 g/mol. The molecule has 2 unspecified atom stereocenters. The molecule has 5 rings (SSSR count). The Bertz CT molecular complexity index is 1580. The van der Waals surface area contributed by atoms with Gasteiger partial charge in [-0.05, 0) is 49.6 Å². The number of nitrogens with zero attached hydrogens (tertiary/aromatic N) is 3. The van der Waals surface area contributed by atoms with Gasteiger partial charge in [-0.2, -0.15) is 4.99 Å². The van der Waals surface area contributed by atoms with Gasteiger partial charge in [0.15, 0.2) is 6.04 Å². The number of hydrogen-bond acceptors (Lipinski definition) is 6. The number of amidine groups is 1. The summed E-state index contributed by atoms with van der Waals surface area (Å²) >= 11 is 0. The predicted molar refractivity (Wildman–Crippen MR) is 176 cm³/mol. The van der Waals surface area contributed by atoms with Crippen molar-refractivity contribution < 1.29 is 19.1 Å². The summed E-state index contributed by atoms with van der Waals surface area (Å²) < 4.78 is 4.17. The molecule has 45 heavy (non-hydrogen) atoms. The number of quaternary nitrogens is 1. The molecule has 0 saturated carbocycles. The average molecular weight is 613 g/mol. The summed E-state index contributed by atoms with van der Waals surface area (Å²) in [7, 11) is 0. The van der Waals surface area contributed by atoms with Gasteiger partial charge in [0.05, 0.1) is 6.61 Å². The number of nitrogens with one attached hydrogen (secondary N) is 1. The van der Waals surface area contributed by atoms with Gasteiger partial charge in [0.1, 0.15) is 18.1 Å². The van der Waals surface area contributed by atoms with Crippen molar-refractivity contribution in [2.24, 2.45) is 16.5 Å². The lowest BCUT2D eigenvalue weighted by molar-refractivity contribution is -0.119. The zero-order valence-corrected chi connectivity index (χ0v) is 25.5. The van der Waals surface area contributed by atoms with E-state index in [-0.39, 0.29) is 25.4 Å². The molecule has 5 N–H and O–H groups in total. The third-order valence-corrected chi connectivity index (χ3v) is 8.43. The van der Waals surface area contributed by atoms with E-state index in [2.05, 4.69) is 22.1 Å². The van der Waals surface area contributed by atoms with Crippen molar-refractivity contribution in [3.8, 4) is 0 Å². The molecule has 2 atom stereocenters. The van der Waals surface area contributed by atoms with E-state index in [0.29, 0.717) is 33.6 Å².